The number of fused-ring (bicyclic) bond motifs is 1. The van der Waals surface area contributed by atoms with Gasteiger partial charge in [0, 0.05) is 37.2 Å². The van der Waals surface area contributed by atoms with E-state index in [4.69, 9.17) is 4.74 Å². The Labute approximate surface area is 136 Å². The average Bonchev–Trinajstić information content (AvgIpc) is 3.17. The fourth-order valence-corrected chi connectivity index (χ4v) is 3.48. The van der Waals surface area contributed by atoms with Crippen molar-refractivity contribution < 1.29 is 14.6 Å². The van der Waals surface area contributed by atoms with E-state index >= 15 is 0 Å². The molecule has 0 spiro atoms. The van der Waals surface area contributed by atoms with Gasteiger partial charge in [-0.2, -0.15) is 0 Å². The van der Waals surface area contributed by atoms with Gasteiger partial charge in [0.25, 0.3) is 0 Å². The Morgan fingerprint density at radius 1 is 1.48 bits per heavy atom. The maximum absolute atomic E-state index is 12.5. The molecule has 0 unspecified atom stereocenters. The minimum absolute atomic E-state index is 0.00210. The largest absolute Gasteiger partial charge is 0.394 e. The number of aliphatic hydroxyl groups excluding tert-OH is 1. The summed E-state index contributed by atoms with van der Waals surface area (Å²) >= 11 is 0. The van der Waals surface area contributed by atoms with Crippen LogP contribution in [0.4, 0.5) is 0 Å². The fourth-order valence-electron chi connectivity index (χ4n) is 3.48. The highest BCUT2D eigenvalue weighted by Crippen LogP contribution is 2.24. The normalized spacial score (nSPS) is 21.3. The average molecular weight is 316 g/mol. The molecule has 5 nitrogen and oxygen atoms in total. The number of aromatic nitrogens is 1. The van der Waals surface area contributed by atoms with Crippen molar-refractivity contribution >= 4 is 16.8 Å². The van der Waals surface area contributed by atoms with Crippen molar-refractivity contribution in [1.29, 1.82) is 0 Å². The Bertz CT molecular complexity index is 695. The number of aromatic amines is 1. The Kier molecular flexibility index (Phi) is 4.68. The third kappa shape index (κ3) is 3.12. The van der Waals surface area contributed by atoms with Crippen LogP contribution in [0.1, 0.15) is 24.0 Å². The van der Waals surface area contributed by atoms with Crippen LogP contribution >= 0.6 is 0 Å². The number of carbonyl (C=O) groups excluding carboxylic acids is 1. The SMILES string of the molecule is CO[C@H]1C[C@@H](CO)N(C(=O)CCc2c[nH]c3c(C)cccc23)C1. The van der Waals surface area contributed by atoms with E-state index in [-0.39, 0.29) is 24.7 Å². The number of nitrogens with zero attached hydrogens (tertiary/aromatic N) is 1. The summed E-state index contributed by atoms with van der Waals surface area (Å²) in [4.78, 5) is 17.6. The molecule has 2 heterocycles. The molecule has 1 fully saturated rings. The van der Waals surface area contributed by atoms with E-state index in [9.17, 15) is 9.90 Å². The molecule has 1 amide bonds. The highest BCUT2D eigenvalue weighted by molar-refractivity contribution is 5.86. The van der Waals surface area contributed by atoms with Gasteiger partial charge in [0.2, 0.25) is 5.91 Å². The number of amides is 1. The first kappa shape index (κ1) is 16.0. The highest BCUT2D eigenvalue weighted by atomic mass is 16.5. The molecule has 0 aliphatic carbocycles. The van der Waals surface area contributed by atoms with Gasteiger partial charge in [0.05, 0.1) is 18.8 Å². The summed E-state index contributed by atoms with van der Waals surface area (Å²) in [5, 5.41) is 10.7. The van der Waals surface area contributed by atoms with Crippen LogP contribution in [-0.2, 0) is 16.0 Å². The summed E-state index contributed by atoms with van der Waals surface area (Å²) in [5.41, 5.74) is 3.52. The maximum atomic E-state index is 12.5. The van der Waals surface area contributed by atoms with Gasteiger partial charge >= 0.3 is 0 Å². The van der Waals surface area contributed by atoms with Crippen molar-refractivity contribution in [1.82, 2.24) is 9.88 Å². The highest BCUT2D eigenvalue weighted by Gasteiger charge is 2.34. The molecule has 0 radical (unpaired) electrons. The molecule has 0 bridgehead atoms. The van der Waals surface area contributed by atoms with Gasteiger partial charge in [-0.25, -0.2) is 0 Å². The number of aliphatic hydroxyl groups is 1. The number of H-pyrrole nitrogens is 1. The molecule has 2 aromatic rings. The topological polar surface area (TPSA) is 65.6 Å². The molecule has 1 aliphatic heterocycles. The second-order valence-electron chi connectivity index (χ2n) is 6.29. The number of ether oxygens (including phenoxy) is 1. The molecule has 1 saturated heterocycles. The van der Waals surface area contributed by atoms with E-state index in [1.54, 1.807) is 12.0 Å². The Morgan fingerprint density at radius 2 is 2.30 bits per heavy atom. The van der Waals surface area contributed by atoms with Gasteiger partial charge in [-0.15, -0.1) is 0 Å². The summed E-state index contributed by atoms with van der Waals surface area (Å²) in [7, 11) is 1.65. The second-order valence-corrected chi connectivity index (χ2v) is 6.29. The van der Waals surface area contributed by atoms with Gasteiger partial charge in [-0.3, -0.25) is 4.79 Å². The quantitative estimate of drug-likeness (QED) is 0.887. The second kappa shape index (κ2) is 6.72. The summed E-state index contributed by atoms with van der Waals surface area (Å²) in [5.74, 6) is 0.0885. The number of rotatable bonds is 5. The molecule has 124 valence electrons. The van der Waals surface area contributed by atoms with Crippen LogP contribution in [0.5, 0.6) is 0 Å². The minimum Gasteiger partial charge on any atom is -0.394 e. The van der Waals surface area contributed by atoms with Crippen LogP contribution in [0.2, 0.25) is 0 Å². The number of hydrogen-bond donors (Lipinski definition) is 2. The molecule has 2 N–H and O–H groups in total. The van der Waals surface area contributed by atoms with Crippen molar-refractivity contribution in [3.63, 3.8) is 0 Å². The predicted molar refractivity (Wildman–Crippen MR) is 89.4 cm³/mol. The molecule has 5 heteroatoms. The van der Waals surface area contributed by atoms with E-state index in [0.717, 1.165) is 5.52 Å². The van der Waals surface area contributed by atoms with Crippen molar-refractivity contribution in [3.8, 4) is 0 Å². The van der Waals surface area contributed by atoms with Crippen molar-refractivity contribution in [2.24, 2.45) is 0 Å². The summed E-state index contributed by atoms with van der Waals surface area (Å²) in [6.07, 6.45) is 3.90. The molecular formula is C18H24N2O3. The number of hydrogen-bond acceptors (Lipinski definition) is 3. The van der Waals surface area contributed by atoms with Crippen LogP contribution < -0.4 is 0 Å². The standard InChI is InChI=1S/C18H24N2O3/c1-12-4-3-5-16-13(9-19-18(12)16)6-7-17(22)20-10-15(23-2)8-14(20)11-21/h3-5,9,14-15,19,21H,6-8,10-11H2,1-2H3/t14-,15-/m0/s1. The number of benzene rings is 1. The zero-order valence-electron chi connectivity index (χ0n) is 13.7. The molecule has 23 heavy (non-hydrogen) atoms. The number of likely N-dealkylation sites (tertiary alicyclic amines) is 1. The third-order valence-corrected chi connectivity index (χ3v) is 4.86. The lowest BCUT2D eigenvalue weighted by Gasteiger charge is -2.22. The molecular weight excluding hydrogens is 292 g/mol. The Hall–Kier alpha value is -1.85. The van der Waals surface area contributed by atoms with E-state index < -0.39 is 0 Å². The van der Waals surface area contributed by atoms with Gasteiger partial charge in [-0.1, -0.05) is 18.2 Å². The monoisotopic (exact) mass is 316 g/mol. The van der Waals surface area contributed by atoms with Crippen LogP contribution in [0.25, 0.3) is 10.9 Å². The van der Waals surface area contributed by atoms with E-state index in [0.29, 0.717) is 25.8 Å². The van der Waals surface area contributed by atoms with Crippen LogP contribution in [0.15, 0.2) is 24.4 Å². The number of aryl methyl sites for hydroxylation is 2. The number of methoxy groups -OCH3 is 1. The minimum atomic E-state index is -0.113. The lowest BCUT2D eigenvalue weighted by Crippen LogP contribution is -2.38. The fraction of sp³-hybridized carbons (Fsp3) is 0.500. The molecule has 1 aromatic heterocycles. The molecule has 1 aromatic carbocycles. The predicted octanol–water partition coefficient (Wildman–Crippen LogP) is 2.02. The number of nitrogens with one attached hydrogen (secondary N) is 1. The van der Waals surface area contributed by atoms with Gasteiger partial charge in [-0.05, 0) is 30.9 Å². The summed E-state index contributed by atoms with van der Waals surface area (Å²) in [6.45, 7) is 2.65. The molecule has 1 aliphatic rings. The van der Waals surface area contributed by atoms with Crippen molar-refractivity contribution in [3.05, 3.63) is 35.5 Å². The third-order valence-electron chi connectivity index (χ3n) is 4.86. The van der Waals surface area contributed by atoms with Crippen LogP contribution in [0.3, 0.4) is 0 Å². The number of carbonyl (C=O) groups is 1. The first-order valence-electron chi connectivity index (χ1n) is 8.12. The maximum Gasteiger partial charge on any atom is 0.223 e. The van der Waals surface area contributed by atoms with Crippen molar-refractivity contribution in [2.45, 2.75) is 38.3 Å². The first-order valence-corrected chi connectivity index (χ1v) is 8.12. The lowest BCUT2D eigenvalue weighted by atomic mass is 10.1. The summed E-state index contributed by atoms with van der Waals surface area (Å²) in [6, 6.07) is 6.10. The Morgan fingerprint density at radius 3 is 3.04 bits per heavy atom. The van der Waals surface area contributed by atoms with Gasteiger partial charge in [0.15, 0.2) is 0 Å². The van der Waals surface area contributed by atoms with Gasteiger partial charge in [0.1, 0.15) is 0 Å². The van der Waals surface area contributed by atoms with E-state index in [1.807, 2.05) is 12.3 Å². The smallest absolute Gasteiger partial charge is 0.223 e. The first-order chi connectivity index (χ1) is 11.1. The Balaban J connectivity index is 1.67. The zero-order valence-corrected chi connectivity index (χ0v) is 13.7. The summed E-state index contributed by atoms with van der Waals surface area (Å²) < 4.78 is 5.33. The molecule has 3 rings (SSSR count). The zero-order chi connectivity index (χ0) is 16.4. The molecule has 2 atom stereocenters. The van der Waals surface area contributed by atoms with E-state index in [2.05, 4.69) is 24.0 Å². The van der Waals surface area contributed by atoms with Crippen molar-refractivity contribution in [2.75, 3.05) is 20.3 Å². The van der Waals surface area contributed by atoms with E-state index in [1.165, 1.54) is 16.5 Å². The van der Waals surface area contributed by atoms with Crippen LogP contribution in [-0.4, -0.2) is 53.3 Å². The van der Waals surface area contributed by atoms with Gasteiger partial charge < -0.3 is 19.7 Å². The lowest BCUT2D eigenvalue weighted by molar-refractivity contribution is -0.133. The molecule has 0 saturated carbocycles. The van der Waals surface area contributed by atoms with Crippen LogP contribution in [0, 0.1) is 6.92 Å². The number of para-hydroxylation sites is 1.